The summed E-state index contributed by atoms with van der Waals surface area (Å²) in [6.07, 6.45) is 0. The molecule has 0 aliphatic heterocycles. The Morgan fingerprint density at radius 2 is 1.76 bits per heavy atom. The largest absolute Gasteiger partial charge is 0.373 e. The summed E-state index contributed by atoms with van der Waals surface area (Å²) in [6, 6.07) is 15.7. The van der Waals surface area contributed by atoms with E-state index in [0.29, 0.717) is 6.04 Å². The Hall–Kier alpha value is -1.80. The molecule has 0 aliphatic rings. The molecular formula is C19H26N2. The van der Waals surface area contributed by atoms with Crippen molar-refractivity contribution in [2.24, 2.45) is 0 Å². The Morgan fingerprint density at radius 1 is 1.00 bits per heavy atom. The van der Waals surface area contributed by atoms with Crippen LogP contribution in [0.2, 0.25) is 0 Å². The van der Waals surface area contributed by atoms with Crippen LogP contribution in [0.5, 0.6) is 0 Å². The van der Waals surface area contributed by atoms with Gasteiger partial charge in [-0.1, -0.05) is 30.3 Å². The third kappa shape index (κ3) is 3.85. The molecular weight excluding hydrogens is 256 g/mol. The van der Waals surface area contributed by atoms with Crippen LogP contribution < -0.4 is 10.2 Å². The molecule has 1 unspecified atom stereocenters. The third-order valence-electron chi connectivity index (χ3n) is 4.18. The maximum Gasteiger partial charge on any atom is 0.0495 e. The van der Waals surface area contributed by atoms with Gasteiger partial charge in [-0.3, -0.25) is 0 Å². The quantitative estimate of drug-likeness (QED) is 0.891. The molecule has 0 bridgehead atoms. The van der Waals surface area contributed by atoms with E-state index in [1.807, 2.05) is 7.05 Å². The Labute approximate surface area is 128 Å². The van der Waals surface area contributed by atoms with Crippen LogP contribution in [0.25, 0.3) is 0 Å². The Kier molecular flexibility index (Phi) is 5.03. The first-order valence-corrected chi connectivity index (χ1v) is 7.53. The van der Waals surface area contributed by atoms with Crippen LogP contribution in [-0.2, 0) is 0 Å². The highest BCUT2D eigenvalue weighted by atomic mass is 15.1. The van der Waals surface area contributed by atoms with Crippen molar-refractivity contribution < 1.29 is 0 Å². The van der Waals surface area contributed by atoms with Crippen molar-refractivity contribution in [1.29, 1.82) is 0 Å². The van der Waals surface area contributed by atoms with Gasteiger partial charge in [0.25, 0.3) is 0 Å². The van der Waals surface area contributed by atoms with Crippen molar-refractivity contribution >= 4 is 5.69 Å². The van der Waals surface area contributed by atoms with Gasteiger partial charge in [0.2, 0.25) is 0 Å². The molecule has 0 heterocycles. The van der Waals surface area contributed by atoms with Gasteiger partial charge < -0.3 is 10.2 Å². The second-order valence-corrected chi connectivity index (χ2v) is 5.90. The molecule has 0 saturated heterocycles. The molecule has 0 radical (unpaired) electrons. The number of benzene rings is 2. The van der Waals surface area contributed by atoms with Crippen LogP contribution in [0.15, 0.2) is 42.5 Å². The zero-order valence-corrected chi connectivity index (χ0v) is 13.8. The molecule has 0 aromatic heterocycles. The number of hydrogen-bond donors (Lipinski definition) is 1. The number of hydrogen-bond acceptors (Lipinski definition) is 2. The Morgan fingerprint density at radius 3 is 2.38 bits per heavy atom. The van der Waals surface area contributed by atoms with Gasteiger partial charge in [-0.25, -0.2) is 0 Å². The summed E-state index contributed by atoms with van der Waals surface area (Å²) in [5.74, 6) is 0. The molecule has 0 fully saturated rings. The molecule has 0 saturated carbocycles. The Bertz CT molecular complexity index is 604. The smallest absolute Gasteiger partial charge is 0.0495 e. The van der Waals surface area contributed by atoms with Crippen LogP contribution in [0.4, 0.5) is 5.69 Å². The zero-order valence-electron chi connectivity index (χ0n) is 13.8. The van der Waals surface area contributed by atoms with Crippen molar-refractivity contribution in [2.75, 3.05) is 25.5 Å². The summed E-state index contributed by atoms with van der Waals surface area (Å²) in [7, 11) is 4.18. The van der Waals surface area contributed by atoms with Gasteiger partial charge in [0.15, 0.2) is 0 Å². The van der Waals surface area contributed by atoms with E-state index in [2.05, 4.69) is 80.5 Å². The van der Waals surface area contributed by atoms with Gasteiger partial charge in [0.1, 0.15) is 0 Å². The topological polar surface area (TPSA) is 15.3 Å². The van der Waals surface area contributed by atoms with Crippen LogP contribution in [0.1, 0.15) is 28.3 Å². The second-order valence-electron chi connectivity index (χ2n) is 5.90. The summed E-state index contributed by atoms with van der Waals surface area (Å²) < 4.78 is 0. The fourth-order valence-corrected chi connectivity index (χ4v) is 2.59. The van der Waals surface area contributed by atoms with Gasteiger partial charge in [0.05, 0.1) is 0 Å². The van der Waals surface area contributed by atoms with Crippen LogP contribution >= 0.6 is 0 Å². The van der Waals surface area contributed by atoms with Crippen LogP contribution in [0, 0.1) is 20.8 Å². The molecule has 1 atom stereocenters. The normalized spacial score (nSPS) is 12.2. The Balaban J connectivity index is 2.16. The van der Waals surface area contributed by atoms with Crippen molar-refractivity contribution in [1.82, 2.24) is 5.32 Å². The second kappa shape index (κ2) is 6.77. The summed E-state index contributed by atoms with van der Waals surface area (Å²) in [5, 5.41) is 3.44. The van der Waals surface area contributed by atoms with Crippen LogP contribution in [-0.4, -0.2) is 20.6 Å². The van der Waals surface area contributed by atoms with Gasteiger partial charge >= 0.3 is 0 Å². The number of nitrogens with one attached hydrogen (secondary N) is 1. The molecule has 1 N–H and O–H groups in total. The average Bonchev–Trinajstić information content (AvgIpc) is 2.47. The van der Waals surface area contributed by atoms with E-state index in [0.717, 1.165) is 6.54 Å². The van der Waals surface area contributed by atoms with E-state index < -0.39 is 0 Å². The van der Waals surface area contributed by atoms with Crippen molar-refractivity contribution in [3.63, 3.8) is 0 Å². The highest BCUT2D eigenvalue weighted by Gasteiger charge is 2.13. The molecule has 0 aliphatic carbocycles. The average molecular weight is 282 g/mol. The first-order chi connectivity index (χ1) is 10.0. The summed E-state index contributed by atoms with van der Waals surface area (Å²) >= 11 is 0. The molecule has 2 aromatic rings. The fraction of sp³-hybridized carbons (Fsp3) is 0.368. The van der Waals surface area contributed by atoms with Crippen molar-refractivity contribution in [3.05, 3.63) is 64.7 Å². The van der Waals surface area contributed by atoms with Gasteiger partial charge in [-0.15, -0.1) is 0 Å². The van der Waals surface area contributed by atoms with Crippen molar-refractivity contribution in [2.45, 2.75) is 26.8 Å². The highest BCUT2D eigenvalue weighted by Crippen LogP contribution is 2.21. The molecule has 112 valence electrons. The van der Waals surface area contributed by atoms with Crippen molar-refractivity contribution in [3.8, 4) is 0 Å². The third-order valence-corrected chi connectivity index (χ3v) is 4.18. The molecule has 2 nitrogen and oxygen atoms in total. The van der Waals surface area contributed by atoms with E-state index in [1.165, 1.54) is 27.9 Å². The lowest BCUT2D eigenvalue weighted by molar-refractivity contribution is 0.589. The molecule has 21 heavy (non-hydrogen) atoms. The summed E-state index contributed by atoms with van der Waals surface area (Å²) in [4.78, 5) is 2.31. The molecule has 2 aromatic carbocycles. The van der Waals surface area contributed by atoms with E-state index in [1.54, 1.807) is 0 Å². The summed E-state index contributed by atoms with van der Waals surface area (Å²) in [6.45, 7) is 7.42. The van der Waals surface area contributed by atoms with Gasteiger partial charge in [0, 0.05) is 25.3 Å². The van der Waals surface area contributed by atoms with Gasteiger partial charge in [-0.2, -0.15) is 0 Å². The zero-order chi connectivity index (χ0) is 15.4. The lowest BCUT2D eigenvalue weighted by atomic mass is 10.0. The standard InChI is InChI=1S/C19H26N2/c1-14-7-6-8-18(11-14)21(5)13-19(20-4)17-10-9-15(2)16(3)12-17/h6-12,19-20H,13H2,1-5H3. The minimum atomic E-state index is 0.329. The van der Waals surface area contributed by atoms with Crippen LogP contribution in [0.3, 0.4) is 0 Å². The van der Waals surface area contributed by atoms with Gasteiger partial charge in [-0.05, 0) is 62.2 Å². The number of likely N-dealkylation sites (N-methyl/N-ethyl adjacent to an activating group) is 2. The maximum atomic E-state index is 3.44. The van der Waals surface area contributed by atoms with E-state index >= 15 is 0 Å². The van der Waals surface area contributed by atoms with E-state index in [4.69, 9.17) is 0 Å². The predicted molar refractivity (Wildman–Crippen MR) is 92.2 cm³/mol. The minimum absolute atomic E-state index is 0.329. The maximum absolute atomic E-state index is 3.44. The minimum Gasteiger partial charge on any atom is -0.373 e. The summed E-state index contributed by atoms with van der Waals surface area (Å²) in [5.41, 5.74) is 6.61. The lowest BCUT2D eigenvalue weighted by Crippen LogP contribution is -2.31. The molecule has 0 spiro atoms. The van der Waals surface area contributed by atoms with E-state index in [-0.39, 0.29) is 0 Å². The molecule has 2 rings (SSSR count). The number of nitrogens with zero attached hydrogens (tertiary/aromatic N) is 1. The number of anilines is 1. The fourth-order valence-electron chi connectivity index (χ4n) is 2.59. The number of aryl methyl sites for hydroxylation is 3. The first-order valence-electron chi connectivity index (χ1n) is 7.53. The molecule has 2 heteroatoms. The predicted octanol–water partition coefficient (Wildman–Crippen LogP) is 4.01. The number of rotatable bonds is 5. The monoisotopic (exact) mass is 282 g/mol. The first kappa shape index (κ1) is 15.6. The lowest BCUT2D eigenvalue weighted by Gasteiger charge is -2.26. The van der Waals surface area contributed by atoms with E-state index in [9.17, 15) is 0 Å². The highest BCUT2D eigenvalue weighted by molar-refractivity contribution is 5.48. The molecule has 0 amide bonds. The SMILES string of the molecule is CNC(CN(C)c1cccc(C)c1)c1ccc(C)c(C)c1.